The fourth-order valence-corrected chi connectivity index (χ4v) is 2.58. The monoisotopic (exact) mass is 211 g/mol. The van der Waals surface area contributed by atoms with E-state index in [9.17, 15) is 4.79 Å². The van der Waals surface area contributed by atoms with Gasteiger partial charge in [-0.15, -0.1) is 0 Å². The zero-order chi connectivity index (χ0) is 11.1. The number of nitrogens with zero attached hydrogens (tertiary/aromatic N) is 2. The molecule has 2 aliphatic rings. The quantitative estimate of drug-likeness (QED) is 0.740. The van der Waals surface area contributed by atoms with Crippen LogP contribution in [0.15, 0.2) is 0 Å². The van der Waals surface area contributed by atoms with E-state index in [1.807, 2.05) is 12.1 Å². The van der Waals surface area contributed by atoms with Gasteiger partial charge in [0, 0.05) is 25.6 Å². The van der Waals surface area contributed by atoms with Crippen LogP contribution < -0.4 is 5.73 Å². The highest BCUT2D eigenvalue weighted by molar-refractivity contribution is 5.79. The average Bonchev–Trinajstić information content (AvgIpc) is 2.98. The van der Waals surface area contributed by atoms with E-state index in [0.717, 1.165) is 13.0 Å². The number of rotatable bonds is 4. The molecular weight excluding hydrogens is 190 g/mol. The van der Waals surface area contributed by atoms with Crippen molar-refractivity contribution in [3.8, 4) is 0 Å². The third kappa shape index (κ3) is 1.76. The molecule has 1 saturated heterocycles. The van der Waals surface area contributed by atoms with E-state index in [-0.39, 0.29) is 11.4 Å². The maximum absolute atomic E-state index is 11.9. The molecule has 0 bridgehead atoms. The Morgan fingerprint density at radius 1 is 1.53 bits per heavy atom. The zero-order valence-corrected chi connectivity index (χ0v) is 9.70. The molecule has 1 saturated carbocycles. The van der Waals surface area contributed by atoms with Gasteiger partial charge in [0.25, 0.3) is 0 Å². The Morgan fingerprint density at radius 3 is 2.73 bits per heavy atom. The Bertz CT molecular complexity index is 265. The second-order valence-corrected chi connectivity index (χ2v) is 4.99. The van der Waals surface area contributed by atoms with E-state index in [1.54, 1.807) is 0 Å². The van der Waals surface area contributed by atoms with E-state index in [2.05, 4.69) is 11.9 Å². The summed E-state index contributed by atoms with van der Waals surface area (Å²) in [5.74, 6) is 0.981. The van der Waals surface area contributed by atoms with Crippen molar-refractivity contribution < 1.29 is 4.79 Å². The Labute approximate surface area is 91.4 Å². The van der Waals surface area contributed by atoms with Crippen LogP contribution in [-0.2, 0) is 4.79 Å². The number of hydrogen-bond donors (Lipinski definition) is 1. The number of hydrazine groups is 1. The normalized spacial score (nSPS) is 32.7. The molecule has 2 rings (SSSR count). The van der Waals surface area contributed by atoms with Crippen molar-refractivity contribution in [2.45, 2.75) is 38.1 Å². The molecule has 4 nitrogen and oxygen atoms in total. The summed E-state index contributed by atoms with van der Waals surface area (Å²) in [6, 6.07) is 0. The molecule has 1 atom stereocenters. The molecule has 0 radical (unpaired) electrons. The molecule has 0 aromatic heterocycles. The molecule has 1 heterocycles. The predicted molar refractivity (Wildman–Crippen MR) is 58.9 cm³/mol. The highest BCUT2D eigenvalue weighted by atomic mass is 16.2. The van der Waals surface area contributed by atoms with Gasteiger partial charge < -0.3 is 5.73 Å². The minimum absolute atomic E-state index is 0.0751. The smallest absolute Gasteiger partial charge is 0.238 e. The first kappa shape index (κ1) is 10.9. The lowest BCUT2D eigenvalue weighted by Crippen LogP contribution is -2.47. The molecule has 0 aromatic rings. The largest absolute Gasteiger partial charge is 0.330 e. The third-order valence-electron chi connectivity index (χ3n) is 3.93. The van der Waals surface area contributed by atoms with Gasteiger partial charge in [0.2, 0.25) is 5.91 Å². The molecule has 4 heteroatoms. The minimum Gasteiger partial charge on any atom is -0.330 e. The van der Waals surface area contributed by atoms with Crippen molar-refractivity contribution >= 4 is 5.91 Å². The van der Waals surface area contributed by atoms with Crippen LogP contribution in [-0.4, -0.2) is 41.6 Å². The van der Waals surface area contributed by atoms with Gasteiger partial charge in [-0.05, 0) is 38.6 Å². The lowest BCUT2D eigenvalue weighted by Gasteiger charge is -2.35. The fraction of sp³-hybridized carbons (Fsp3) is 0.909. The molecule has 1 amide bonds. The van der Waals surface area contributed by atoms with Crippen molar-refractivity contribution in [3.05, 3.63) is 0 Å². The number of carbonyl (C=O) groups excluding carboxylic acids is 1. The van der Waals surface area contributed by atoms with Crippen molar-refractivity contribution in [3.63, 3.8) is 0 Å². The van der Waals surface area contributed by atoms with Crippen molar-refractivity contribution in [1.29, 1.82) is 0 Å². The zero-order valence-electron chi connectivity index (χ0n) is 9.70. The fourth-order valence-electron chi connectivity index (χ4n) is 2.58. The molecule has 86 valence electrons. The molecular formula is C11H21N3O. The Kier molecular flexibility index (Phi) is 2.73. The Morgan fingerprint density at radius 2 is 2.20 bits per heavy atom. The SMILES string of the molecule is CN1N(CCCN)C(=O)CC1(C)C1CC1. The summed E-state index contributed by atoms with van der Waals surface area (Å²) in [6.07, 6.45) is 4.12. The summed E-state index contributed by atoms with van der Waals surface area (Å²) < 4.78 is 0. The molecule has 1 aliphatic heterocycles. The number of amides is 1. The van der Waals surface area contributed by atoms with E-state index >= 15 is 0 Å². The van der Waals surface area contributed by atoms with Crippen LogP contribution in [0.4, 0.5) is 0 Å². The molecule has 15 heavy (non-hydrogen) atoms. The van der Waals surface area contributed by atoms with Crippen LogP contribution in [0.3, 0.4) is 0 Å². The van der Waals surface area contributed by atoms with Gasteiger partial charge in [-0.3, -0.25) is 9.80 Å². The van der Waals surface area contributed by atoms with Crippen molar-refractivity contribution in [2.75, 3.05) is 20.1 Å². The van der Waals surface area contributed by atoms with Gasteiger partial charge in [0.15, 0.2) is 0 Å². The van der Waals surface area contributed by atoms with Crippen LogP contribution in [0.5, 0.6) is 0 Å². The van der Waals surface area contributed by atoms with Crippen LogP contribution in [0.2, 0.25) is 0 Å². The second-order valence-electron chi connectivity index (χ2n) is 4.99. The predicted octanol–water partition coefficient (Wildman–Crippen LogP) is 0.583. The third-order valence-corrected chi connectivity index (χ3v) is 3.93. The maximum atomic E-state index is 11.9. The van der Waals surface area contributed by atoms with Gasteiger partial charge >= 0.3 is 0 Å². The van der Waals surface area contributed by atoms with Crippen molar-refractivity contribution in [2.24, 2.45) is 11.7 Å². The number of nitrogens with two attached hydrogens (primary N) is 1. The van der Waals surface area contributed by atoms with E-state index in [1.165, 1.54) is 12.8 Å². The standard InChI is InChI=1S/C11H21N3O/c1-11(9-4-5-9)8-10(15)14(13(11)2)7-3-6-12/h9H,3-8,12H2,1-2H3. The molecule has 0 spiro atoms. The molecule has 2 fully saturated rings. The Hall–Kier alpha value is -0.610. The molecule has 1 aliphatic carbocycles. The summed E-state index contributed by atoms with van der Waals surface area (Å²) in [5.41, 5.74) is 5.56. The lowest BCUT2D eigenvalue weighted by atomic mass is 9.93. The van der Waals surface area contributed by atoms with E-state index < -0.39 is 0 Å². The van der Waals surface area contributed by atoms with Gasteiger partial charge in [-0.2, -0.15) is 0 Å². The summed E-state index contributed by atoms with van der Waals surface area (Å²) in [4.78, 5) is 11.9. The first-order valence-electron chi connectivity index (χ1n) is 5.84. The number of hydrogen-bond acceptors (Lipinski definition) is 3. The summed E-state index contributed by atoms with van der Waals surface area (Å²) in [5, 5.41) is 4.04. The Balaban J connectivity index is 2.04. The van der Waals surface area contributed by atoms with Crippen LogP contribution >= 0.6 is 0 Å². The summed E-state index contributed by atoms with van der Waals surface area (Å²) >= 11 is 0. The van der Waals surface area contributed by atoms with Gasteiger partial charge in [-0.1, -0.05) is 0 Å². The average molecular weight is 211 g/mol. The first-order valence-corrected chi connectivity index (χ1v) is 5.84. The maximum Gasteiger partial charge on any atom is 0.238 e. The van der Waals surface area contributed by atoms with E-state index in [0.29, 0.717) is 18.9 Å². The molecule has 1 unspecified atom stereocenters. The highest BCUT2D eigenvalue weighted by Crippen LogP contribution is 2.47. The molecule has 0 aromatic carbocycles. The van der Waals surface area contributed by atoms with Crippen LogP contribution in [0.1, 0.15) is 32.6 Å². The minimum atomic E-state index is 0.0751. The number of carbonyl (C=O) groups is 1. The second kappa shape index (κ2) is 3.76. The van der Waals surface area contributed by atoms with Crippen LogP contribution in [0, 0.1) is 5.92 Å². The highest BCUT2D eigenvalue weighted by Gasteiger charge is 2.52. The topological polar surface area (TPSA) is 49.6 Å². The van der Waals surface area contributed by atoms with E-state index in [4.69, 9.17) is 5.73 Å². The van der Waals surface area contributed by atoms with Gasteiger partial charge in [-0.25, -0.2) is 5.01 Å². The lowest BCUT2D eigenvalue weighted by molar-refractivity contribution is -0.138. The van der Waals surface area contributed by atoms with Crippen LogP contribution in [0.25, 0.3) is 0 Å². The first-order chi connectivity index (χ1) is 7.09. The summed E-state index contributed by atoms with van der Waals surface area (Å²) in [7, 11) is 2.04. The van der Waals surface area contributed by atoms with Gasteiger partial charge in [0.1, 0.15) is 0 Å². The van der Waals surface area contributed by atoms with Gasteiger partial charge in [0.05, 0.1) is 0 Å². The molecule has 2 N–H and O–H groups in total. The summed E-state index contributed by atoms with van der Waals surface area (Å²) in [6.45, 7) is 3.64. The van der Waals surface area contributed by atoms with Crippen molar-refractivity contribution in [1.82, 2.24) is 10.0 Å².